The van der Waals surface area contributed by atoms with Crippen LogP contribution < -0.4 is 15.4 Å². The quantitative estimate of drug-likeness (QED) is 0.390. The lowest BCUT2D eigenvalue weighted by atomic mass is 10.2. The van der Waals surface area contributed by atoms with Crippen molar-refractivity contribution in [1.82, 2.24) is 0 Å². The van der Waals surface area contributed by atoms with Crippen molar-refractivity contribution in [3.63, 3.8) is 0 Å². The number of hydrogen-bond donors (Lipinski definition) is 3. The Labute approximate surface area is 181 Å². The van der Waals surface area contributed by atoms with Crippen molar-refractivity contribution in [2.75, 3.05) is 16.4 Å². The van der Waals surface area contributed by atoms with E-state index in [-0.39, 0.29) is 23.2 Å². The number of carbonyl (C=O) groups is 1. The minimum Gasteiger partial charge on any atom is -0.508 e. The van der Waals surface area contributed by atoms with Gasteiger partial charge in [0.2, 0.25) is 5.91 Å². The van der Waals surface area contributed by atoms with E-state index in [0.717, 1.165) is 28.3 Å². The van der Waals surface area contributed by atoms with Crippen molar-refractivity contribution in [3.05, 3.63) is 78.4 Å². The molecule has 3 aromatic carbocycles. The number of phenolic OH excluding ortho intramolecular Hbond substituents is 1. The van der Waals surface area contributed by atoms with Crippen molar-refractivity contribution in [1.29, 1.82) is 0 Å². The molecule has 0 radical (unpaired) electrons. The minimum atomic E-state index is -4.75. The lowest BCUT2D eigenvalue weighted by molar-refractivity contribution is -0.274. The van der Waals surface area contributed by atoms with Gasteiger partial charge in [0, 0.05) is 28.4 Å². The van der Waals surface area contributed by atoms with Crippen LogP contribution in [0.2, 0.25) is 0 Å². The second-order valence-electron chi connectivity index (χ2n) is 6.42. The summed E-state index contributed by atoms with van der Waals surface area (Å²) >= 11 is 1.33. The predicted octanol–water partition coefficient (Wildman–Crippen LogP) is 5.63. The van der Waals surface area contributed by atoms with Crippen LogP contribution in [0.4, 0.5) is 24.5 Å². The average Bonchev–Trinajstić information content (AvgIpc) is 2.73. The number of anilines is 2. The smallest absolute Gasteiger partial charge is 0.508 e. The van der Waals surface area contributed by atoms with Gasteiger partial charge in [-0.25, -0.2) is 0 Å². The first-order valence-electron chi connectivity index (χ1n) is 9.18. The van der Waals surface area contributed by atoms with E-state index in [1.54, 1.807) is 12.1 Å². The highest BCUT2D eigenvalue weighted by molar-refractivity contribution is 8.00. The van der Waals surface area contributed by atoms with Crippen LogP contribution in [-0.2, 0) is 11.3 Å². The van der Waals surface area contributed by atoms with Gasteiger partial charge in [0.15, 0.2) is 0 Å². The van der Waals surface area contributed by atoms with Crippen LogP contribution >= 0.6 is 11.8 Å². The average molecular weight is 448 g/mol. The first kappa shape index (κ1) is 22.4. The molecule has 0 heterocycles. The van der Waals surface area contributed by atoms with E-state index in [4.69, 9.17) is 0 Å². The zero-order valence-corrected chi connectivity index (χ0v) is 17.0. The fourth-order valence-corrected chi connectivity index (χ4v) is 3.31. The van der Waals surface area contributed by atoms with Gasteiger partial charge in [-0.2, -0.15) is 0 Å². The van der Waals surface area contributed by atoms with Gasteiger partial charge >= 0.3 is 6.36 Å². The predicted molar refractivity (Wildman–Crippen MR) is 114 cm³/mol. The van der Waals surface area contributed by atoms with Crippen LogP contribution in [-0.4, -0.2) is 23.1 Å². The van der Waals surface area contributed by atoms with Gasteiger partial charge in [0.1, 0.15) is 11.5 Å². The molecule has 3 rings (SSSR count). The van der Waals surface area contributed by atoms with Crippen LogP contribution in [0.25, 0.3) is 0 Å². The summed E-state index contributed by atoms with van der Waals surface area (Å²) < 4.78 is 40.3. The summed E-state index contributed by atoms with van der Waals surface area (Å²) in [6.45, 7) is 0.481. The number of thioether (sulfide) groups is 1. The molecule has 0 aromatic heterocycles. The SMILES string of the molecule is O=C(CSc1ccc(NCc2ccccc2O)cc1)Nc1ccc(OC(F)(F)F)cc1. The lowest BCUT2D eigenvalue weighted by Crippen LogP contribution is -2.17. The van der Waals surface area contributed by atoms with Crippen LogP contribution in [0.5, 0.6) is 11.5 Å². The van der Waals surface area contributed by atoms with E-state index in [9.17, 15) is 23.1 Å². The molecule has 3 aromatic rings. The molecule has 0 aliphatic rings. The summed E-state index contributed by atoms with van der Waals surface area (Å²) in [4.78, 5) is 13.0. The molecule has 5 nitrogen and oxygen atoms in total. The van der Waals surface area contributed by atoms with E-state index in [1.165, 1.54) is 23.9 Å². The molecule has 0 bridgehead atoms. The third kappa shape index (κ3) is 7.45. The Morgan fingerprint density at radius 2 is 1.58 bits per heavy atom. The minimum absolute atomic E-state index is 0.144. The number of amides is 1. The maximum atomic E-state index is 12.2. The molecule has 3 N–H and O–H groups in total. The highest BCUT2D eigenvalue weighted by Crippen LogP contribution is 2.25. The van der Waals surface area contributed by atoms with Gasteiger partial charge in [-0.3, -0.25) is 4.79 Å². The third-order valence-corrected chi connectivity index (χ3v) is 5.08. The van der Waals surface area contributed by atoms with Crippen molar-refractivity contribution in [3.8, 4) is 11.5 Å². The molecule has 9 heteroatoms. The maximum absolute atomic E-state index is 12.2. The van der Waals surface area contributed by atoms with Crippen molar-refractivity contribution in [2.24, 2.45) is 0 Å². The number of carbonyl (C=O) groups excluding carboxylic acids is 1. The van der Waals surface area contributed by atoms with Gasteiger partial charge < -0.3 is 20.5 Å². The number of hydrogen-bond acceptors (Lipinski definition) is 5. The molecule has 0 atom stereocenters. The summed E-state index contributed by atoms with van der Waals surface area (Å²) in [5.74, 6) is -0.256. The highest BCUT2D eigenvalue weighted by atomic mass is 32.2. The Bertz CT molecular complexity index is 1010. The highest BCUT2D eigenvalue weighted by Gasteiger charge is 2.30. The van der Waals surface area contributed by atoms with Gasteiger partial charge in [-0.05, 0) is 54.6 Å². The van der Waals surface area contributed by atoms with Crippen LogP contribution in [0.15, 0.2) is 77.7 Å². The molecule has 0 unspecified atom stereocenters. The number of nitrogens with one attached hydrogen (secondary N) is 2. The van der Waals surface area contributed by atoms with Crippen LogP contribution in [0.3, 0.4) is 0 Å². The molecule has 0 aliphatic carbocycles. The topological polar surface area (TPSA) is 70.6 Å². The Morgan fingerprint density at radius 1 is 0.935 bits per heavy atom. The number of halogens is 3. The van der Waals surface area contributed by atoms with Crippen LogP contribution in [0, 0.1) is 0 Å². The molecule has 0 fully saturated rings. The number of rotatable bonds is 8. The number of alkyl halides is 3. The number of phenols is 1. The van der Waals surface area contributed by atoms with Gasteiger partial charge in [-0.15, -0.1) is 24.9 Å². The van der Waals surface area contributed by atoms with E-state index in [2.05, 4.69) is 15.4 Å². The molecule has 162 valence electrons. The molecule has 0 aliphatic heterocycles. The number of benzene rings is 3. The number of ether oxygens (including phenoxy) is 1. The third-order valence-electron chi connectivity index (χ3n) is 4.07. The second kappa shape index (κ2) is 10.1. The zero-order chi connectivity index (χ0) is 22.3. The van der Waals surface area contributed by atoms with E-state index < -0.39 is 6.36 Å². The Morgan fingerprint density at radius 3 is 2.23 bits per heavy atom. The summed E-state index contributed by atoms with van der Waals surface area (Å²) in [5.41, 5.74) is 2.04. The fourth-order valence-electron chi connectivity index (χ4n) is 2.61. The van der Waals surface area contributed by atoms with E-state index in [0.29, 0.717) is 12.2 Å². The summed E-state index contributed by atoms with van der Waals surface area (Å²) in [5, 5.41) is 15.6. The maximum Gasteiger partial charge on any atom is 0.573 e. The van der Waals surface area contributed by atoms with Crippen LogP contribution in [0.1, 0.15) is 5.56 Å². The van der Waals surface area contributed by atoms with Gasteiger partial charge in [0.05, 0.1) is 5.75 Å². The zero-order valence-electron chi connectivity index (χ0n) is 16.1. The number of para-hydroxylation sites is 1. The molecule has 0 saturated carbocycles. The first-order chi connectivity index (χ1) is 14.8. The van der Waals surface area contributed by atoms with Crippen molar-refractivity contribution in [2.45, 2.75) is 17.8 Å². The lowest BCUT2D eigenvalue weighted by Gasteiger charge is -2.10. The first-order valence-corrected chi connectivity index (χ1v) is 10.2. The van der Waals surface area contributed by atoms with E-state index >= 15 is 0 Å². The molecule has 0 spiro atoms. The molecule has 1 amide bonds. The largest absolute Gasteiger partial charge is 0.573 e. The fraction of sp³-hybridized carbons (Fsp3) is 0.136. The second-order valence-corrected chi connectivity index (χ2v) is 7.46. The standard InChI is InChI=1S/C22H19F3N2O3S/c23-22(24,25)30-18-9-5-17(6-10-18)27-21(29)14-31-19-11-7-16(8-12-19)26-13-15-3-1-2-4-20(15)28/h1-12,26,28H,13-14H2,(H,27,29). The molecular formula is C22H19F3N2O3S. The number of aromatic hydroxyl groups is 1. The van der Waals surface area contributed by atoms with Gasteiger partial charge in [0.25, 0.3) is 0 Å². The normalized spacial score (nSPS) is 11.1. The Hall–Kier alpha value is -3.33. The molecule has 0 saturated heterocycles. The monoisotopic (exact) mass is 448 g/mol. The molecule has 31 heavy (non-hydrogen) atoms. The Balaban J connectivity index is 1.44. The van der Waals surface area contributed by atoms with Gasteiger partial charge in [-0.1, -0.05) is 18.2 Å². The van der Waals surface area contributed by atoms with Crippen molar-refractivity contribution >= 4 is 29.0 Å². The van der Waals surface area contributed by atoms with E-state index in [1.807, 2.05) is 36.4 Å². The summed E-state index contributed by atoms with van der Waals surface area (Å²) in [6, 6.07) is 19.5. The Kier molecular flexibility index (Phi) is 7.30. The van der Waals surface area contributed by atoms with Crippen molar-refractivity contribution < 1.29 is 27.8 Å². The summed E-state index contributed by atoms with van der Waals surface area (Å²) in [7, 11) is 0. The molecular weight excluding hydrogens is 429 g/mol. The summed E-state index contributed by atoms with van der Waals surface area (Å²) in [6.07, 6.45) is -4.75.